The highest BCUT2D eigenvalue weighted by Crippen LogP contribution is 2.09. The second-order valence-corrected chi connectivity index (χ2v) is 4.21. The molecule has 1 rings (SSSR count). The number of amides is 1. The molecule has 0 fully saturated rings. The Morgan fingerprint density at radius 2 is 2.12 bits per heavy atom. The molecule has 1 amide bonds. The minimum Gasteiger partial charge on any atom is -0.469 e. The maximum Gasteiger partial charge on any atom is 0.223 e. The van der Waals surface area contributed by atoms with Crippen LogP contribution in [0.25, 0.3) is 0 Å². The first kappa shape index (κ1) is 12.8. The van der Waals surface area contributed by atoms with E-state index in [1.54, 1.807) is 6.26 Å². The van der Waals surface area contributed by atoms with Crippen LogP contribution in [0.2, 0.25) is 0 Å². The van der Waals surface area contributed by atoms with Crippen LogP contribution in [0.5, 0.6) is 0 Å². The van der Waals surface area contributed by atoms with Crippen molar-refractivity contribution in [1.82, 2.24) is 5.32 Å². The molecule has 16 heavy (non-hydrogen) atoms. The fourth-order valence-electron chi connectivity index (χ4n) is 1.80. The van der Waals surface area contributed by atoms with Crippen molar-refractivity contribution >= 4 is 5.91 Å². The van der Waals surface area contributed by atoms with Crippen LogP contribution in [0, 0.1) is 5.92 Å². The number of hydrogen-bond donors (Lipinski definition) is 1. The third-order valence-electron chi connectivity index (χ3n) is 2.83. The van der Waals surface area contributed by atoms with Crippen LogP contribution in [0.4, 0.5) is 0 Å². The molecule has 1 heterocycles. The molecular formula is C13H21NO2. The van der Waals surface area contributed by atoms with Gasteiger partial charge in [-0.05, 0) is 31.9 Å². The van der Waals surface area contributed by atoms with E-state index in [2.05, 4.69) is 5.32 Å². The van der Waals surface area contributed by atoms with E-state index in [9.17, 15) is 4.79 Å². The van der Waals surface area contributed by atoms with E-state index in [4.69, 9.17) is 4.42 Å². The number of carbonyl (C=O) groups is 1. The largest absolute Gasteiger partial charge is 0.469 e. The molecule has 0 aliphatic heterocycles. The van der Waals surface area contributed by atoms with Gasteiger partial charge >= 0.3 is 0 Å². The molecular weight excluding hydrogens is 202 g/mol. The second kappa shape index (κ2) is 6.36. The average molecular weight is 223 g/mol. The monoisotopic (exact) mass is 223 g/mol. The van der Waals surface area contributed by atoms with Crippen LogP contribution in [0.3, 0.4) is 0 Å². The molecule has 0 radical (unpaired) electrons. The molecule has 0 saturated carbocycles. The summed E-state index contributed by atoms with van der Waals surface area (Å²) in [5.74, 6) is 1.21. The molecule has 0 spiro atoms. The fraction of sp³-hybridized carbons (Fsp3) is 0.615. The molecule has 1 N–H and O–H groups in total. The van der Waals surface area contributed by atoms with Gasteiger partial charge in [-0.15, -0.1) is 0 Å². The molecule has 1 atom stereocenters. The fourth-order valence-corrected chi connectivity index (χ4v) is 1.80. The number of furan rings is 1. The standard InChI is InChI=1S/C13H21NO2/c1-4-11(5-2)13(15)14-10(3)9-12-7-6-8-16-12/h6-8,10-11H,4-5,9H2,1-3H3,(H,14,15). The topological polar surface area (TPSA) is 42.2 Å². The van der Waals surface area contributed by atoms with Crippen LogP contribution in [0.15, 0.2) is 22.8 Å². The molecule has 3 heteroatoms. The number of nitrogens with one attached hydrogen (secondary N) is 1. The van der Waals surface area contributed by atoms with Gasteiger partial charge in [0.25, 0.3) is 0 Å². The van der Waals surface area contributed by atoms with Crippen LogP contribution in [0.1, 0.15) is 39.4 Å². The lowest BCUT2D eigenvalue weighted by Crippen LogP contribution is -2.38. The molecule has 0 aliphatic carbocycles. The van der Waals surface area contributed by atoms with E-state index in [1.165, 1.54) is 0 Å². The van der Waals surface area contributed by atoms with Gasteiger partial charge in [0.05, 0.1) is 6.26 Å². The van der Waals surface area contributed by atoms with Crippen LogP contribution in [-0.4, -0.2) is 11.9 Å². The zero-order valence-corrected chi connectivity index (χ0v) is 10.3. The van der Waals surface area contributed by atoms with Gasteiger partial charge in [0.15, 0.2) is 0 Å². The summed E-state index contributed by atoms with van der Waals surface area (Å²) in [5.41, 5.74) is 0. The van der Waals surface area contributed by atoms with Gasteiger partial charge in [0, 0.05) is 18.4 Å². The van der Waals surface area contributed by atoms with Gasteiger partial charge in [-0.2, -0.15) is 0 Å². The number of hydrogen-bond acceptors (Lipinski definition) is 2. The van der Waals surface area contributed by atoms with E-state index in [-0.39, 0.29) is 17.9 Å². The van der Waals surface area contributed by atoms with Gasteiger partial charge in [0.2, 0.25) is 5.91 Å². The minimum atomic E-state index is 0.124. The van der Waals surface area contributed by atoms with Crippen molar-refractivity contribution in [2.24, 2.45) is 5.92 Å². The number of rotatable bonds is 6. The molecule has 3 nitrogen and oxygen atoms in total. The Hall–Kier alpha value is -1.25. The summed E-state index contributed by atoms with van der Waals surface area (Å²) in [5, 5.41) is 3.02. The highest BCUT2D eigenvalue weighted by atomic mass is 16.3. The summed E-state index contributed by atoms with van der Waals surface area (Å²) in [6, 6.07) is 3.92. The van der Waals surface area contributed by atoms with Crippen molar-refractivity contribution in [3.63, 3.8) is 0 Å². The van der Waals surface area contributed by atoms with Crippen molar-refractivity contribution < 1.29 is 9.21 Å². The highest BCUT2D eigenvalue weighted by Gasteiger charge is 2.16. The van der Waals surface area contributed by atoms with Crippen LogP contribution >= 0.6 is 0 Å². The third-order valence-corrected chi connectivity index (χ3v) is 2.83. The van der Waals surface area contributed by atoms with Crippen LogP contribution in [-0.2, 0) is 11.2 Å². The number of carbonyl (C=O) groups excluding carboxylic acids is 1. The van der Waals surface area contributed by atoms with Gasteiger partial charge in [-0.1, -0.05) is 13.8 Å². The molecule has 90 valence electrons. The Morgan fingerprint density at radius 1 is 1.44 bits per heavy atom. The van der Waals surface area contributed by atoms with Crippen molar-refractivity contribution in [2.45, 2.75) is 46.1 Å². The zero-order chi connectivity index (χ0) is 12.0. The lowest BCUT2D eigenvalue weighted by atomic mass is 10.0. The third kappa shape index (κ3) is 3.72. The lowest BCUT2D eigenvalue weighted by Gasteiger charge is -2.17. The Balaban J connectivity index is 2.39. The molecule has 0 bridgehead atoms. The first-order valence-corrected chi connectivity index (χ1v) is 6.00. The Bertz CT molecular complexity index is 302. The smallest absolute Gasteiger partial charge is 0.223 e. The van der Waals surface area contributed by atoms with Crippen molar-refractivity contribution in [3.05, 3.63) is 24.2 Å². The summed E-state index contributed by atoms with van der Waals surface area (Å²) in [6.45, 7) is 6.10. The summed E-state index contributed by atoms with van der Waals surface area (Å²) in [4.78, 5) is 11.8. The average Bonchev–Trinajstić information content (AvgIpc) is 2.71. The summed E-state index contributed by atoms with van der Waals surface area (Å²) in [7, 11) is 0. The molecule has 1 aromatic rings. The summed E-state index contributed by atoms with van der Waals surface area (Å²) >= 11 is 0. The van der Waals surface area contributed by atoms with Gasteiger partial charge in [-0.25, -0.2) is 0 Å². The molecule has 1 aromatic heterocycles. The van der Waals surface area contributed by atoms with E-state index >= 15 is 0 Å². The summed E-state index contributed by atoms with van der Waals surface area (Å²) < 4.78 is 5.25. The van der Waals surface area contributed by atoms with Gasteiger partial charge in [0.1, 0.15) is 5.76 Å². The Labute approximate surface area is 97.2 Å². The van der Waals surface area contributed by atoms with E-state index in [0.29, 0.717) is 0 Å². The molecule has 0 saturated heterocycles. The molecule has 1 unspecified atom stereocenters. The maximum atomic E-state index is 11.8. The SMILES string of the molecule is CCC(CC)C(=O)NC(C)Cc1ccco1. The van der Waals surface area contributed by atoms with Gasteiger partial charge < -0.3 is 9.73 Å². The Kier molecular flexibility index (Phi) is 5.09. The van der Waals surface area contributed by atoms with Gasteiger partial charge in [-0.3, -0.25) is 4.79 Å². The first-order valence-electron chi connectivity index (χ1n) is 6.00. The lowest BCUT2D eigenvalue weighted by molar-refractivity contribution is -0.125. The first-order chi connectivity index (χ1) is 7.67. The highest BCUT2D eigenvalue weighted by molar-refractivity contribution is 5.78. The zero-order valence-electron chi connectivity index (χ0n) is 10.3. The van der Waals surface area contributed by atoms with E-state index in [1.807, 2.05) is 32.9 Å². The van der Waals surface area contributed by atoms with Crippen LogP contribution < -0.4 is 5.32 Å². The molecule has 0 aliphatic rings. The van der Waals surface area contributed by atoms with Crippen molar-refractivity contribution in [1.29, 1.82) is 0 Å². The van der Waals surface area contributed by atoms with E-state index in [0.717, 1.165) is 25.0 Å². The molecule has 0 aromatic carbocycles. The normalized spacial score (nSPS) is 12.8. The van der Waals surface area contributed by atoms with Crippen molar-refractivity contribution in [3.8, 4) is 0 Å². The quantitative estimate of drug-likeness (QED) is 0.805. The minimum absolute atomic E-state index is 0.124. The van der Waals surface area contributed by atoms with Crippen molar-refractivity contribution in [2.75, 3.05) is 0 Å². The van der Waals surface area contributed by atoms with E-state index < -0.39 is 0 Å². The summed E-state index contributed by atoms with van der Waals surface area (Å²) in [6.07, 6.45) is 4.20. The predicted octanol–water partition coefficient (Wildman–Crippen LogP) is 2.76. The second-order valence-electron chi connectivity index (χ2n) is 4.21. The predicted molar refractivity (Wildman–Crippen MR) is 64.1 cm³/mol. The maximum absolute atomic E-state index is 11.8. The Morgan fingerprint density at radius 3 is 2.62 bits per heavy atom.